The van der Waals surface area contributed by atoms with E-state index in [1.54, 1.807) is 0 Å². The van der Waals surface area contributed by atoms with Crippen LogP contribution in [0.1, 0.15) is 65.2 Å². The highest BCUT2D eigenvalue weighted by Crippen LogP contribution is 2.09. The van der Waals surface area contributed by atoms with E-state index in [0.717, 1.165) is 5.92 Å². The summed E-state index contributed by atoms with van der Waals surface area (Å²) in [5.74, 6) is 2.23. The molecule has 0 saturated heterocycles. The maximum absolute atomic E-state index is 3.35. The smallest absolute Gasteiger partial charge is 0.248 e. The number of aromatic nitrogens is 2. The Kier molecular flexibility index (Phi) is 5.58. The summed E-state index contributed by atoms with van der Waals surface area (Å²) in [7, 11) is 0. The van der Waals surface area contributed by atoms with Crippen LogP contribution in [0.4, 0.5) is 0 Å². The summed E-state index contributed by atoms with van der Waals surface area (Å²) in [6.07, 6.45) is 10.8. The fraction of sp³-hybridized carbons (Fsp3) is 0.786. The van der Waals surface area contributed by atoms with Crippen molar-refractivity contribution in [1.82, 2.24) is 4.98 Å². The highest BCUT2D eigenvalue weighted by molar-refractivity contribution is 4.78. The summed E-state index contributed by atoms with van der Waals surface area (Å²) in [5.41, 5.74) is 0. The van der Waals surface area contributed by atoms with Gasteiger partial charge < -0.3 is 0 Å². The molecule has 0 aliphatic heterocycles. The molecule has 1 heterocycles. The first kappa shape index (κ1) is 13.3. The molecule has 16 heavy (non-hydrogen) atoms. The Hall–Kier alpha value is -0.790. The second-order valence-electron chi connectivity index (χ2n) is 5.40. The van der Waals surface area contributed by atoms with Crippen molar-refractivity contribution >= 4 is 0 Å². The molecular weight excluding hydrogens is 196 g/mol. The number of aryl methyl sites for hydroxylation is 1. The average molecular weight is 223 g/mol. The van der Waals surface area contributed by atoms with Crippen LogP contribution in [0.25, 0.3) is 0 Å². The molecule has 2 heteroatoms. The van der Waals surface area contributed by atoms with E-state index < -0.39 is 0 Å². The van der Waals surface area contributed by atoms with Crippen molar-refractivity contribution in [3.05, 3.63) is 18.2 Å². The molecule has 0 aliphatic rings. The van der Waals surface area contributed by atoms with Gasteiger partial charge in [0.2, 0.25) is 0 Å². The first-order valence-corrected chi connectivity index (χ1v) is 6.68. The molecule has 0 bridgehead atoms. The molecule has 0 radical (unpaired) electrons. The van der Waals surface area contributed by atoms with Gasteiger partial charge in [-0.3, -0.25) is 0 Å². The third-order valence-corrected chi connectivity index (χ3v) is 3.05. The molecule has 0 aromatic carbocycles. The molecule has 0 unspecified atom stereocenters. The van der Waals surface area contributed by atoms with Crippen molar-refractivity contribution in [3.63, 3.8) is 0 Å². The van der Waals surface area contributed by atoms with Crippen LogP contribution >= 0.6 is 0 Å². The number of rotatable bonds is 7. The zero-order valence-electron chi connectivity index (χ0n) is 11.3. The minimum Gasteiger partial charge on any atom is -0.248 e. The number of hydrogen-bond donors (Lipinski definition) is 1. The number of aromatic amines is 1. The Morgan fingerprint density at radius 2 is 1.88 bits per heavy atom. The zero-order chi connectivity index (χ0) is 12.0. The van der Waals surface area contributed by atoms with Crippen molar-refractivity contribution in [3.8, 4) is 0 Å². The van der Waals surface area contributed by atoms with Gasteiger partial charge in [-0.05, 0) is 26.2 Å². The lowest BCUT2D eigenvalue weighted by Crippen LogP contribution is -2.38. The molecule has 0 spiro atoms. The highest BCUT2D eigenvalue weighted by Gasteiger charge is 2.12. The fourth-order valence-electron chi connectivity index (χ4n) is 2.09. The Morgan fingerprint density at radius 1 is 1.12 bits per heavy atom. The summed E-state index contributed by atoms with van der Waals surface area (Å²) >= 11 is 0. The zero-order valence-corrected chi connectivity index (χ0v) is 11.3. The Labute approximate surface area is 100 Å². The van der Waals surface area contributed by atoms with Gasteiger partial charge in [0.15, 0.2) is 0 Å². The summed E-state index contributed by atoms with van der Waals surface area (Å²) in [6, 6.07) is 0.567. The van der Waals surface area contributed by atoms with Gasteiger partial charge in [0.1, 0.15) is 12.4 Å². The van der Waals surface area contributed by atoms with Gasteiger partial charge in [-0.25, -0.2) is 9.55 Å². The van der Waals surface area contributed by atoms with Crippen molar-refractivity contribution in [1.29, 1.82) is 0 Å². The van der Waals surface area contributed by atoms with E-state index in [0.29, 0.717) is 6.04 Å². The molecule has 0 fully saturated rings. The number of nitrogens with one attached hydrogen (secondary N) is 1. The van der Waals surface area contributed by atoms with E-state index in [2.05, 4.69) is 43.4 Å². The second kappa shape index (κ2) is 6.72. The SMILES string of the molecule is CC(C)CCCCCc1[nH]cc[n+]1C(C)C. The van der Waals surface area contributed by atoms with Crippen LogP contribution in [0.3, 0.4) is 0 Å². The van der Waals surface area contributed by atoms with E-state index in [1.807, 2.05) is 6.20 Å². The van der Waals surface area contributed by atoms with Crippen LogP contribution in [0.2, 0.25) is 0 Å². The molecule has 92 valence electrons. The number of H-pyrrole nitrogens is 1. The van der Waals surface area contributed by atoms with Gasteiger partial charge >= 0.3 is 0 Å². The van der Waals surface area contributed by atoms with Gasteiger partial charge in [0.05, 0.1) is 6.04 Å². The van der Waals surface area contributed by atoms with Crippen LogP contribution < -0.4 is 4.57 Å². The standard InChI is InChI=1S/C14H26N2/c1-12(2)8-6-5-7-9-14-15-10-11-16(14)13(3)4/h10-13H,5-9H2,1-4H3/p+1. The summed E-state index contributed by atoms with van der Waals surface area (Å²) in [5, 5.41) is 0. The molecule has 0 aliphatic carbocycles. The molecule has 1 N–H and O–H groups in total. The van der Waals surface area contributed by atoms with E-state index in [4.69, 9.17) is 0 Å². The normalized spacial score (nSPS) is 11.6. The molecule has 1 rings (SSSR count). The predicted molar refractivity (Wildman–Crippen MR) is 68.4 cm³/mol. The van der Waals surface area contributed by atoms with Gasteiger partial charge in [0.25, 0.3) is 5.82 Å². The van der Waals surface area contributed by atoms with Crippen LogP contribution in [0.15, 0.2) is 12.4 Å². The molecule has 0 atom stereocenters. The largest absolute Gasteiger partial charge is 0.254 e. The van der Waals surface area contributed by atoms with Crippen LogP contribution in [-0.2, 0) is 6.42 Å². The van der Waals surface area contributed by atoms with Crippen molar-refractivity contribution in [2.24, 2.45) is 5.92 Å². The summed E-state index contributed by atoms with van der Waals surface area (Å²) in [6.45, 7) is 9.07. The molecule has 0 amide bonds. The predicted octanol–water partition coefficient (Wildman–Crippen LogP) is 3.64. The third-order valence-electron chi connectivity index (χ3n) is 3.05. The van der Waals surface area contributed by atoms with Gasteiger partial charge in [0, 0.05) is 6.42 Å². The maximum atomic E-state index is 3.35. The second-order valence-corrected chi connectivity index (χ2v) is 5.40. The quantitative estimate of drug-likeness (QED) is 0.538. The van der Waals surface area contributed by atoms with E-state index in [1.165, 1.54) is 37.9 Å². The van der Waals surface area contributed by atoms with Crippen molar-refractivity contribution in [2.75, 3.05) is 0 Å². The topological polar surface area (TPSA) is 19.7 Å². The molecule has 1 aromatic rings. The Balaban J connectivity index is 2.24. The number of unbranched alkanes of at least 4 members (excludes halogenated alkanes) is 2. The lowest BCUT2D eigenvalue weighted by atomic mass is 10.0. The molecular formula is C14H27N2+. The minimum absolute atomic E-state index is 0.567. The maximum Gasteiger partial charge on any atom is 0.254 e. The monoisotopic (exact) mass is 223 g/mol. The number of hydrogen-bond acceptors (Lipinski definition) is 0. The van der Waals surface area contributed by atoms with Gasteiger partial charge in [-0.2, -0.15) is 0 Å². The average Bonchev–Trinajstić information content (AvgIpc) is 2.65. The Bertz CT molecular complexity index is 287. The van der Waals surface area contributed by atoms with E-state index >= 15 is 0 Å². The highest BCUT2D eigenvalue weighted by atomic mass is 15.1. The first-order chi connectivity index (χ1) is 7.61. The minimum atomic E-state index is 0.567. The van der Waals surface area contributed by atoms with Crippen LogP contribution in [0.5, 0.6) is 0 Å². The van der Waals surface area contributed by atoms with Gasteiger partial charge in [-0.1, -0.05) is 33.1 Å². The van der Waals surface area contributed by atoms with Crippen LogP contribution in [-0.4, -0.2) is 4.98 Å². The molecule has 0 saturated carbocycles. The van der Waals surface area contributed by atoms with Crippen LogP contribution in [0, 0.1) is 5.92 Å². The van der Waals surface area contributed by atoms with Gasteiger partial charge in [-0.15, -0.1) is 0 Å². The van der Waals surface area contributed by atoms with Crippen molar-refractivity contribution < 1.29 is 4.57 Å². The van der Waals surface area contributed by atoms with Crippen molar-refractivity contribution in [2.45, 2.75) is 65.8 Å². The summed E-state index contributed by atoms with van der Waals surface area (Å²) in [4.78, 5) is 3.35. The lowest BCUT2D eigenvalue weighted by Gasteiger charge is -2.05. The fourth-order valence-corrected chi connectivity index (χ4v) is 2.09. The third kappa shape index (κ3) is 4.38. The van der Waals surface area contributed by atoms with E-state index in [-0.39, 0.29) is 0 Å². The Morgan fingerprint density at radius 3 is 2.50 bits per heavy atom. The van der Waals surface area contributed by atoms with E-state index in [9.17, 15) is 0 Å². The molecule has 1 aromatic heterocycles. The number of nitrogens with zero attached hydrogens (tertiary/aromatic N) is 1. The lowest BCUT2D eigenvalue weighted by molar-refractivity contribution is -0.721. The molecule has 2 nitrogen and oxygen atoms in total. The number of imidazole rings is 1. The first-order valence-electron chi connectivity index (χ1n) is 6.68. The summed E-state index contributed by atoms with van der Waals surface area (Å²) < 4.78 is 2.34.